The summed E-state index contributed by atoms with van der Waals surface area (Å²) in [5.74, 6) is -0.0709. The number of carbonyl (C=O) groups excluding carboxylic acids is 3. The highest BCUT2D eigenvalue weighted by atomic mass is 16.6. The van der Waals surface area contributed by atoms with Crippen molar-refractivity contribution < 1.29 is 28.6 Å². The first-order valence-corrected chi connectivity index (χ1v) is 24.4. The van der Waals surface area contributed by atoms with Gasteiger partial charge < -0.3 is 14.2 Å². The Morgan fingerprint density at radius 3 is 0.891 bits per heavy atom. The summed E-state index contributed by atoms with van der Waals surface area (Å²) in [4.78, 5) is 37.8. The van der Waals surface area contributed by atoms with Crippen molar-refractivity contribution in [1.29, 1.82) is 0 Å². The van der Waals surface area contributed by atoms with E-state index in [0.717, 1.165) is 63.7 Å². The van der Waals surface area contributed by atoms with E-state index in [1.54, 1.807) is 0 Å². The van der Waals surface area contributed by atoms with Crippen LogP contribution in [0.25, 0.3) is 0 Å². The molecule has 0 aromatic heterocycles. The molecule has 326 valence electrons. The van der Waals surface area contributed by atoms with E-state index in [2.05, 4.69) is 27.7 Å². The molecule has 0 amide bonds. The fourth-order valence-corrected chi connectivity index (χ4v) is 7.33. The largest absolute Gasteiger partial charge is 0.462 e. The summed E-state index contributed by atoms with van der Waals surface area (Å²) < 4.78 is 16.7. The number of hydrogen-bond acceptors (Lipinski definition) is 6. The van der Waals surface area contributed by atoms with Gasteiger partial charge >= 0.3 is 17.9 Å². The number of rotatable bonds is 44. The van der Waals surface area contributed by atoms with Crippen LogP contribution < -0.4 is 0 Å². The van der Waals surface area contributed by atoms with Crippen molar-refractivity contribution in [2.24, 2.45) is 5.92 Å². The fourth-order valence-electron chi connectivity index (χ4n) is 7.33. The molecule has 1 atom stereocenters. The number of unbranched alkanes of at least 4 members (excludes halogenated alkanes) is 31. The highest BCUT2D eigenvalue weighted by Gasteiger charge is 2.19. The number of esters is 3. The summed E-state index contributed by atoms with van der Waals surface area (Å²) in [7, 11) is 0. The van der Waals surface area contributed by atoms with Crippen LogP contribution in [-0.4, -0.2) is 37.2 Å². The molecule has 0 unspecified atom stereocenters. The van der Waals surface area contributed by atoms with Gasteiger partial charge in [0.2, 0.25) is 0 Å². The maximum atomic E-state index is 12.7. The van der Waals surface area contributed by atoms with Crippen LogP contribution in [-0.2, 0) is 28.6 Å². The Labute approximate surface area is 342 Å². The number of carbonyl (C=O) groups is 3. The smallest absolute Gasteiger partial charge is 0.306 e. The van der Waals surface area contributed by atoms with E-state index in [-0.39, 0.29) is 31.1 Å². The molecule has 0 aromatic rings. The summed E-state index contributed by atoms with van der Waals surface area (Å²) in [5.41, 5.74) is 0. The molecule has 0 saturated heterocycles. The standard InChI is InChI=1S/C49H94O6/c1-5-7-9-11-13-15-17-18-19-20-21-23-24-28-32-36-40-47(50)53-43-46(44-54-48(51)41-37-33-30-26-27-31-35-39-45(3)4)55-49(52)42-38-34-29-25-22-16-14-12-10-8-6-2/h45-46H,5-44H2,1-4H3/t46-/m0/s1. The van der Waals surface area contributed by atoms with Crippen molar-refractivity contribution in [3.05, 3.63) is 0 Å². The Balaban J connectivity index is 4.27. The molecule has 6 heteroatoms. The monoisotopic (exact) mass is 779 g/mol. The molecule has 0 bridgehead atoms. The number of hydrogen-bond donors (Lipinski definition) is 0. The average molecular weight is 779 g/mol. The minimum Gasteiger partial charge on any atom is -0.462 e. The van der Waals surface area contributed by atoms with Gasteiger partial charge in [-0.05, 0) is 25.2 Å². The lowest BCUT2D eigenvalue weighted by Gasteiger charge is -2.18. The second-order valence-electron chi connectivity index (χ2n) is 17.2. The zero-order chi connectivity index (χ0) is 40.3. The normalized spacial score (nSPS) is 11.9. The second kappa shape index (κ2) is 43.5. The first kappa shape index (κ1) is 53.4. The molecule has 0 spiro atoms. The minimum atomic E-state index is -0.759. The van der Waals surface area contributed by atoms with Crippen LogP contribution in [0.3, 0.4) is 0 Å². The first-order valence-electron chi connectivity index (χ1n) is 24.4. The molecule has 55 heavy (non-hydrogen) atoms. The summed E-state index contributed by atoms with van der Waals surface area (Å²) in [6, 6.07) is 0. The summed E-state index contributed by atoms with van der Waals surface area (Å²) in [6.45, 7) is 8.96. The van der Waals surface area contributed by atoms with E-state index < -0.39 is 6.10 Å². The third kappa shape index (κ3) is 43.4. The van der Waals surface area contributed by atoms with E-state index >= 15 is 0 Å². The molecule has 0 aliphatic carbocycles. The van der Waals surface area contributed by atoms with E-state index in [4.69, 9.17) is 14.2 Å². The Hall–Kier alpha value is -1.59. The van der Waals surface area contributed by atoms with E-state index in [1.807, 2.05) is 0 Å². The number of ether oxygens (including phenoxy) is 3. The molecule has 0 aromatic carbocycles. The van der Waals surface area contributed by atoms with Crippen molar-refractivity contribution in [2.45, 2.75) is 278 Å². The molecule has 0 N–H and O–H groups in total. The molecule has 0 heterocycles. The fraction of sp³-hybridized carbons (Fsp3) is 0.939. The lowest BCUT2D eigenvalue weighted by molar-refractivity contribution is -0.167. The van der Waals surface area contributed by atoms with Crippen LogP contribution in [0.5, 0.6) is 0 Å². The molecule has 0 rings (SSSR count). The van der Waals surface area contributed by atoms with Gasteiger partial charge in [-0.2, -0.15) is 0 Å². The Kier molecular flexibility index (Phi) is 42.3. The molecule has 0 saturated carbocycles. The van der Waals surface area contributed by atoms with Crippen molar-refractivity contribution in [3.63, 3.8) is 0 Å². The molecular weight excluding hydrogens is 685 g/mol. The summed E-state index contributed by atoms with van der Waals surface area (Å²) >= 11 is 0. The van der Waals surface area contributed by atoms with Gasteiger partial charge in [0.1, 0.15) is 13.2 Å². The molecule has 6 nitrogen and oxygen atoms in total. The maximum absolute atomic E-state index is 12.7. The van der Waals surface area contributed by atoms with Crippen LogP contribution in [0, 0.1) is 5.92 Å². The highest BCUT2D eigenvalue weighted by molar-refractivity contribution is 5.71. The van der Waals surface area contributed by atoms with Gasteiger partial charge in [-0.15, -0.1) is 0 Å². The average Bonchev–Trinajstić information content (AvgIpc) is 3.17. The first-order chi connectivity index (χ1) is 26.9. The van der Waals surface area contributed by atoms with Gasteiger partial charge in [0.05, 0.1) is 0 Å². The van der Waals surface area contributed by atoms with Gasteiger partial charge in [-0.3, -0.25) is 14.4 Å². The molecule has 0 radical (unpaired) electrons. The zero-order valence-electron chi connectivity index (χ0n) is 37.4. The quantitative estimate of drug-likeness (QED) is 0.0348. The minimum absolute atomic E-state index is 0.0637. The van der Waals surface area contributed by atoms with Crippen LogP contribution in [0.2, 0.25) is 0 Å². The SMILES string of the molecule is CCCCCCCCCCCCCCCCCCC(=O)OC[C@@H](COC(=O)CCCCCCCCCC(C)C)OC(=O)CCCCCCCCCCCCC. The van der Waals surface area contributed by atoms with Crippen LogP contribution >= 0.6 is 0 Å². The van der Waals surface area contributed by atoms with E-state index in [0.29, 0.717) is 19.3 Å². The zero-order valence-corrected chi connectivity index (χ0v) is 37.4. The summed E-state index contributed by atoms with van der Waals surface area (Å²) in [6.07, 6.45) is 43.8. The predicted molar refractivity (Wildman–Crippen MR) is 233 cm³/mol. The lowest BCUT2D eigenvalue weighted by atomic mass is 10.0. The van der Waals surface area contributed by atoms with Crippen LogP contribution in [0.1, 0.15) is 272 Å². The highest BCUT2D eigenvalue weighted by Crippen LogP contribution is 2.16. The third-order valence-electron chi connectivity index (χ3n) is 11.0. The third-order valence-corrected chi connectivity index (χ3v) is 11.0. The van der Waals surface area contributed by atoms with Gasteiger partial charge in [-0.1, -0.05) is 233 Å². The van der Waals surface area contributed by atoms with Crippen LogP contribution in [0.15, 0.2) is 0 Å². The Morgan fingerprint density at radius 1 is 0.345 bits per heavy atom. The van der Waals surface area contributed by atoms with E-state index in [9.17, 15) is 14.4 Å². The predicted octanol–water partition coefficient (Wildman–Crippen LogP) is 15.5. The Morgan fingerprint density at radius 2 is 0.600 bits per heavy atom. The lowest BCUT2D eigenvalue weighted by Crippen LogP contribution is -2.30. The van der Waals surface area contributed by atoms with Gasteiger partial charge in [0.25, 0.3) is 0 Å². The van der Waals surface area contributed by atoms with Gasteiger partial charge in [-0.25, -0.2) is 0 Å². The van der Waals surface area contributed by atoms with Crippen molar-refractivity contribution in [3.8, 4) is 0 Å². The molecule has 0 aliphatic rings. The summed E-state index contributed by atoms with van der Waals surface area (Å²) in [5, 5.41) is 0. The topological polar surface area (TPSA) is 78.9 Å². The van der Waals surface area contributed by atoms with Crippen molar-refractivity contribution in [2.75, 3.05) is 13.2 Å². The maximum Gasteiger partial charge on any atom is 0.306 e. The van der Waals surface area contributed by atoms with Crippen LogP contribution in [0.4, 0.5) is 0 Å². The molecular formula is C49H94O6. The molecule has 0 aliphatic heterocycles. The van der Waals surface area contributed by atoms with Crippen molar-refractivity contribution >= 4 is 17.9 Å². The molecule has 0 fully saturated rings. The van der Waals surface area contributed by atoms with Gasteiger partial charge in [0, 0.05) is 19.3 Å². The Bertz CT molecular complexity index is 826. The van der Waals surface area contributed by atoms with Gasteiger partial charge in [0.15, 0.2) is 6.10 Å². The second-order valence-corrected chi connectivity index (χ2v) is 17.2. The van der Waals surface area contributed by atoms with Crippen molar-refractivity contribution in [1.82, 2.24) is 0 Å². The van der Waals surface area contributed by atoms with E-state index in [1.165, 1.54) is 167 Å².